The lowest BCUT2D eigenvalue weighted by Crippen LogP contribution is -2.41. The van der Waals surface area contributed by atoms with Crippen molar-refractivity contribution >= 4 is 17.6 Å². The number of para-hydroxylation sites is 1. The summed E-state index contributed by atoms with van der Waals surface area (Å²) >= 11 is 0. The van der Waals surface area contributed by atoms with Gasteiger partial charge in [0.05, 0.1) is 12.2 Å². The highest BCUT2D eigenvalue weighted by Gasteiger charge is 2.35. The first-order valence-electron chi connectivity index (χ1n) is 6.47. The topological polar surface area (TPSA) is 72.6 Å². The number of anilines is 1. The minimum atomic E-state index is -0.480. The number of ether oxygens (including phenoxy) is 1. The van der Waals surface area contributed by atoms with Gasteiger partial charge >= 0.3 is 5.97 Å². The van der Waals surface area contributed by atoms with E-state index in [-0.39, 0.29) is 11.9 Å². The Kier molecular flexibility index (Phi) is 4.04. The Morgan fingerprint density at radius 2 is 2.16 bits per heavy atom. The minimum absolute atomic E-state index is 0.200. The van der Waals surface area contributed by atoms with Gasteiger partial charge in [0.25, 0.3) is 5.91 Å². The van der Waals surface area contributed by atoms with Crippen LogP contribution in [0.25, 0.3) is 0 Å². The predicted octanol–water partition coefficient (Wildman–Crippen LogP) is 1.44. The molecule has 1 aromatic rings. The van der Waals surface area contributed by atoms with Crippen LogP contribution in [0.3, 0.4) is 0 Å². The Bertz CT molecular complexity index is 487. The monoisotopic (exact) mass is 262 g/mol. The number of rotatable bonds is 3. The number of hydrogen-bond donors (Lipinski definition) is 1. The molecule has 1 fully saturated rings. The first-order chi connectivity index (χ1) is 9.15. The maximum Gasteiger partial charge on any atom is 0.328 e. The van der Waals surface area contributed by atoms with Crippen molar-refractivity contribution in [3.63, 3.8) is 0 Å². The zero-order chi connectivity index (χ0) is 13.8. The number of nitrogen functional groups attached to an aromatic ring is 1. The molecule has 19 heavy (non-hydrogen) atoms. The summed E-state index contributed by atoms with van der Waals surface area (Å²) in [6.07, 6.45) is 1.46. The molecule has 102 valence electrons. The highest BCUT2D eigenvalue weighted by Crippen LogP contribution is 2.23. The van der Waals surface area contributed by atoms with Gasteiger partial charge in [-0.15, -0.1) is 0 Å². The van der Waals surface area contributed by atoms with Crippen molar-refractivity contribution in [2.45, 2.75) is 25.8 Å². The van der Waals surface area contributed by atoms with Gasteiger partial charge < -0.3 is 15.4 Å². The molecule has 2 N–H and O–H groups in total. The second-order valence-electron chi connectivity index (χ2n) is 4.50. The van der Waals surface area contributed by atoms with E-state index in [2.05, 4.69) is 0 Å². The number of esters is 1. The molecule has 1 heterocycles. The Hall–Kier alpha value is -2.04. The number of carbonyl (C=O) groups is 2. The molecule has 0 saturated carbocycles. The van der Waals surface area contributed by atoms with E-state index in [1.165, 1.54) is 0 Å². The van der Waals surface area contributed by atoms with E-state index in [9.17, 15) is 9.59 Å². The fourth-order valence-electron chi connectivity index (χ4n) is 2.34. The fraction of sp³-hybridized carbons (Fsp3) is 0.429. The van der Waals surface area contributed by atoms with Crippen molar-refractivity contribution < 1.29 is 14.3 Å². The number of nitrogens with two attached hydrogens (primary N) is 1. The largest absolute Gasteiger partial charge is 0.464 e. The molecule has 1 saturated heterocycles. The Morgan fingerprint density at radius 1 is 1.42 bits per heavy atom. The van der Waals surface area contributed by atoms with Gasteiger partial charge in [0, 0.05) is 12.2 Å². The predicted molar refractivity (Wildman–Crippen MR) is 71.5 cm³/mol. The number of nitrogens with zero attached hydrogens (tertiary/aromatic N) is 1. The quantitative estimate of drug-likeness (QED) is 0.660. The van der Waals surface area contributed by atoms with Crippen molar-refractivity contribution in [3.05, 3.63) is 29.8 Å². The molecule has 1 unspecified atom stereocenters. The lowest BCUT2D eigenvalue weighted by Gasteiger charge is -2.23. The molecule has 0 spiro atoms. The van der Waals surface area contributed by atoms with Crippen LogP contribution < -0.4 is 5.73 Å². The molecule has 1 aliphatic rings. The Labute approximate surface area is 112 Å². The summed E-state index contributed by atoms with van der Waals surface area (Å²) in [7, 11) is 0. The van der Waals surface area contributed by atoms with Crippen LogP contribution in [-0.2, 0) is 9.53 Å². The summed E-state index contributed by atoms with van der Waals surface area (Å²) in [5, 5.41) is 0. The standard InChI is InChI=1S/C14H18N2O3/c1-2-19-14(18)12-8-5-9-16(12)13(17)10-6-3-4-7-11(10)15/h3-4,6-7,12H,2,5,8-9,15H2,1H3. The maximum atomic E-state index is 12.4. The molecule has 1 amide bonds. The molecule has 0 radical (unpaired) electrons. The van der Waals surface area contributed by atoms with E-state index >= 15 is 0 Å². The molecule has 1 atom stereocenters. The van der Waals surface area contributed by atoms with Crippen molar-refractivity contribution in [2.75, 3.05) is 18.9 Å². The summed E-state index contributed by atoms with van der Waals surface area (Å²) in [5.41, 5.74) is 6.68. The summed E-state index contributed by atoms with van der Waals surface area (Å²) in [5.74, 6) is -0.531. The van der Waals surface area contributed by atoms with E-state index in [1.807, 2.05) is 0 Å². The van der Waals surface area contributed by atoms with Crippen LogP contribution in [0.5, 0.6) is 0 Å². The average molecular weight is 262 g/mol. The van der Waals surface area contributed by atoms with Gasteiger partial charge in [-0.1, -0.05) is 12.1 Å². The molecular weight excluding hydrogens is 244 g/mol. The normalized spacial score (nSPS) is 18.4. The molecular formula is C14H18N2O3. The third kappa shape index (κ3) is 2.70. The number of benzene rings is 1. The van der Waals surface area contributed by atoms with Crippen LogP contribution in [-0.4, -0.2) is 36.0 Å². The Balaban J connectivity index is 2.19. The number of likely N-dealkylation sites (tertiary alicyclic amines) is 1. The first-order valence-corrected chi connectivity index (χ1v) is 6.47. The van der Waals surface area contributed by atoms with Crippen LogP contribution in [0.2, 0.25) is 0 Å². The van der Waals surface area contributed by atoms with Crippen LogP contribution in [0.4, 0.5) is 5.69 Å². The van der Waals surface area contributed by atoms with Crippen LogP contribution in [0.1, 0.15) is 30.1 Å². The molecule has 0 aromatic heterocycles. The second kappa shape index (κ2) is 5.73. The second-order valence-corrected chi connectivity index (χ2v) is 4.50. The zero-order valence-electron chi connectivity index (χ0n) is 11.0. The van der Waals surface area contributed by atoms with Gasteiger partial charge in [0.2, 0.25) is 0 Å². The molecule has 5 nitrogen and oxygen atoms in total. The highest BCUT2D eigenvalue weighted by molar-refractivity contribution is 6.01. The highest BCUT2D eigenvalue weighted by atomic mass is 16.5. The van der Waals surface area contributed by atoms with E-state index in [0.717, 1.165) is 6.42 Å². The molecule has 5 heteroatoms. The van der Waals surface area contributed by atoms with Gasteiger partial charge in [-0.3, -0.25) is 4.79 Å². The fourth-order valence-corrected chi connectivity index (χ4v) is 2.34. The van der Waals surface area contributed by atoms with Gasteiger partial charge in [-0.2, -0.15) is 0 Å². The average Bonchev–Trinajstić information content (AvgIpc) is 2.88. The zero-order valence-corrected chi connectivity index (χ0v) is 11.0. The maximum absolute atomic E-state index is 12.4. The molecule has 0 bridgehead atoms. The van der Waals surface area contributed by atoms with E-state index in [4.69, 9.17) is 10.5 Å². The Morgan fingerprint density at radius 3 is 2.84 bits per heavy atom. The van der Waals surface area contributed by atoms with Crippen molar-refractivity contribution in [1.29, 1.82) is 0 Å². The summed E-state index contributed by atoms with van der Waals surface area (Å²) in [4.78, 5) is 25.8. The van der Waals surface area contributed by atoms with E-state index in [1.54, 1.807) is 36.1 Å². The molecule has 0 aliphatic carbocycles. The van der Waals surface area contributed by atoms with Gasteiger partial charge in [-0.05, 0) is 31.9 Å². The molecule has 1 aliphatic heterocycles. The van der Waals surface area contributed by atoms with Crippen LogP contribution in [0, 0.1) is 0 Å². The van der Waals surface area contributed by atoms with E-state index in [0.29, 0.717) is 30.8 Å². The van der Waals surface area contributed by atoms with E-state index < -0.39 is 6.04 Å². The van der Waals surface area contributed by atoms with Crippen molar-refractivity contribution in [1.82, 2.24) is 4.90 Å². The summed E-state index contributed by atoms with van der Waals surface area (Å²) < 4.78 is 5.01. The minimum Gasteiger partial charge on any atom is -0.464 e. The first kappa shape index (κ1) is 13.4. The van der Waals surface area contributed by atoms with Crippen molar-refractivity contribution in [3.8, 4) is 0 Å². The number of amides is 1. The van der Waals surface area contributed by atoms with Crippen molar-refractivity contribution in [2.24, 2.45) is 0 Å². The number of carbonyl (C=O) groups excluding carboxylic acids is 2. The van der Waals surface area contributed by atoms with Gasteiger partial charge in [0.1, 0.15) is 6.04 Å². The molecule has 1 aromatic carbocycles. The van der Waals surface area contributed by atoms with Gasteiger partial charge in [-0.25, -0.2) is 4.79 Å². The third-order valence-electron chi connectivity index (χ3n) is 3.26. The summed E-state index contributed by atoms with van der Waals surface area (Å²) in [6.45, 7) is 2.65. The number of hydrogen-bond acceptors (Lipinski definition) is 4. The lowest BCUT2D eigenvalue weighted by molar-refractivity contribution is -0.147. The SMILES string of the molecule is CCOC(=O)C1CCCN1C(=O)c1ccccc1N. The lowest BCUT2D eigenvalue weighted by atomic mass is 10.1. The third-order valence-corrected chi connectivity index (χ3v) is 3.26. The summed E-state index contributed by atoms with van der Waals surface area (Å²) in [6, 6.07) is 6.42. The smallest absolute Gasteiger partial charge is 0.328 e. The van der Waals surface area contributed by atoms with Crippen LogP contribution >= 0.6 is 0 Å². The van der Waals surface area contributed by atoms with Gasteiger partial charge in [0.15, 0.2) is 0 Å². The van der Waals surface area contributed by atoms with Crippen LogP contribution in [0.15, 0.2) is 24.3 Å². The molecule has 2 rings (SSSR count).